The summed E-state index contributed by atoms with van der Waals surface area (Å²) in [5.41, 5.74) is 0.836. The molecule has 1 fully saturated rings. The Kier molecular flexibility index (Phi) is 4.11. The first-order chi connectivity index (χ1) is 8.66. The van der Waals surface area contributed by atoms with E-state index in [9.17, 15) is 10.1 Å². The quantitative estimate of drug-likeness (QED) is 0.645. The molecule has 98 valence electrons. The van der Waals surface area contributed by atoms with Gasteiger partial charge in [0.15, 0.2) is 0 Å². The average Bonchev–Trinajstić information content (AvgIpc) is 2.38. The van der Waals surface area contributed by atoms with Gasteiger partial charge in [-0.3, -0.25) is 10.1 Å². The average molecular weight is 252 g/mol. The Bertz CT molecular complexity index is 430. The zero-order chi connectivity index (χ0) is 13.0. The summed E-state index contributed by atoms with van der Waals surface area (Å²) < 4.78 is 11.1. The van der Waals surface area contributed by atoms with E-state index in [-0.39, 0.29) is 11.8 Å². The van der Waals surface area contributed by atoms with Crippen LogP contribution in [0.3, 0.4) is 0 Å². The first-order valence-corrected chi connectivity index (χ1v) is 5.87. The predicted molar refractivity (Wildman–Crippen MR) is 65.9 cm³/mol. The molecule has 1 aromatic carbocycles. The highest BCUT2D eigenvalue weighted by atomic mass is 16.6. The molecule has 0 saturated carbocycles. The van der Waals surface area contributed by atoms with E-state index in [2.05, 4.69) is 5.32 Å². The lowest BCUT2D eigenvalue weighted by Crippen LogP contribution is -2.41. The van der Waals surface area contributed by atoms with Gasteiger partial charge in [0, 0.05) is 25.2 Å². The Labute approximate surface area is 105 Å². The van der Waals surface area contributed by atoms with Gasteiger partial charge in [-0.15, -0.1) is 0 Å². The van der Waals surface area contributed by atoms with Crippen LogP contribution in [0.1, 0.15) is 5.56 Å². The number of aryl methyl sites for hydroxylation is 1. The second-order valence-corrected chi connectivity index (χ2v) is 4.21. The maximum Gasteiger partial charge on any atom is 0.269 e. The fourth-order valence-electron chi connectivity index (χ4n) is 1.82. The van der Waals surface area contributed by atoms with Crippen molar-refractivity contribution in [1.29, 1.82) is 0 Å². The van der Waals surface area contributed by atoms with Crippen LogP contribution in [0.25, 0.3) is 0 Å². The maximum atomic E-state index is 10.6. The predicted octanol–water partition coefficient (Wildman–Crippen LogP) is 1.27. The summed E-state index contributed by atoms with van der Waals surface area (Å²) in [7, 11) is 0. The van der Waals surface area contributed by atoms with Crippen molar-refractivity contribution in [3.63, 3.8) is 0 Å². The largest absolute Gasteiger partial charge is 0.491 e. The van der Waals surface area contributed by atoms with E-state index in [1.54, 1.807) is 13.0 Å². The van der Waals surface area contributed by atoms with E-state index < -0.39 is 4.92 Å². The molecule has 0 bridgehead atoms. The van der Waals surface area contributed by atoms with Crippen LogP contribution >= 0.6 is 0 Å². The van der Waals surface area contributed by atoms with Crippen LogP contribution in [-0.4, -0.2) is 37.3 Å². The molecule has 0 aromatic heterocycles. The first kappa shape index (κ1) is 12.8. The monoisotopic (exact) mass is 252 g/mol. The summed E-state index contributed by atoms with van der Waals surface area (Å²) >= 11 is 0. The summed E-state index contributed by atoms with van der Waals surface area (Å²) in [5, 5.41) is 13.8. The molecule has 1 aliphatic heterocycles. The Balaban J connectivity index is 1.94. The van der Waals surface area contributed by atoms with Crippen LogP contribution in [0.2, 0.25) is 0 Å². The molecule has 0 spiro atoms. The molecule has 1 aromatic rings. The van der Waals surface area contributed by atoms with Crippen molar-refractivity contribution in [3.05, 3.63) is 33.9 Å². The van der Waals surface area contributed by atoms with E-state index in [0.717, 1.165) is 18.7 Å². The third-order valence-electron chi connectivity index (χ3n) is 2.80. The van der Waals surface area contributed by atoms with Crippen LogP contribution in [0.5, 0.6) is 5.75 Å². The smallest absolute Gasteiger partial charge is 0.269 e. The number of benzene rings is 1. The lowest BCUT2D eigenvalue weighted by molar-refractivity contribution is -0.384. The highest BCUT2D eigenvalue weighted by molar-refractivity contribution is 5.42. The number of nitrogens with one attached hydrogen (secondary N) is 1. The summed E-state index contributed by atoms with van der Waals surface area (Å²) in [6.07, 6.45) is 0.0355. The molecule has 1 unspecified atom stereocenters. The lowest BCUT2D eigenvalue weighted by atomic mass is 10.2. The molecular weight excluding hydrogens is 236 g/mol. The molecular formula is C12H16N2O4. The third-order valence-corrected chi connectivity index (χ3v) is 2.80. The van der Waals surface area contributed by atoms with Gasteiger partial charge in [-0.1, -0.05) is 0 Å². The molecule has 2 rings (SSSR count). The number of hydrogen-bond donors (Lipinski definition) is 1. The standard InChI is InChI=1S/C12H16N2O4/c1-9-6-10(14(15)16)2-3-12(9)18-8-11-7-13-4-5-17-11/h2-3,6,11,13H,4-5,7-8H2,1H3. The first-order valence-electron chi connectivity index (χ1n) is 5.87. The van der Waals surface area contributed by atoms with E-state index in [0.29, 0.717) is 19.0 Å². The highest BCUT2D eigenvalue weighted by Crippen LogP contribution is 2.23. The number of nitro groups is 1. The van der Waals surface area contributed by atoms with Crippen molar-refractivity contribution in [2.24, 2.45) is 0 Å². The number of morpholine rings is 1. The van der Waals surface area contributed by atoms with Crippen molar-refractivity contribution in [2.75, 3.05) is 26.3 Å². The van der Waals surface area contributed by atoms with Gasteiger partial charge < -0.3 is 14.8 Å². The van der Waals surface area contributed by atoms with Gasteiger partial charge in [-0.05, 0) is 18.6 Å². The fraction of sp³-hybridized carbons (Fsp3) is 0.500. The molecule has 1 saturated heterocycles. The number of non-ortho nitro benzene ring substituents is 1. The molecule has 6 heteroatoms. The van der Waals surface area contributed by atoms with Crippen molar-refractivity contribution in [3.8, 4) is 5.75 Å². The fourth-order valence-corrected chi connectivity index (χ4v) is 1.82. The molecule has 18 heavy (non-hydrogen) atoms. The molecule has 1 aliphatic rings. The number of ether oxygens (including phenoxy) is 2. The Morgan fingerprint density at radius 2 is 2.44 bits per heavy atom. The maximum absolute atomic E-state index is 10.6. The molecule has 6 nitrogen and oxygen atoms in total. The SMILES string of the molecule is Cc1cc([N+](=O)[O-])ccc1OCC1CNCCO1. The second-order valence-electron chi connectivity index (χ2n) is 4.21. The minimum Gasteiger partial charge on any atom is -0.491 e. The van der Waals surface area contributed by atoms with Crippen LogP contribution in [-0.2, 0) is 4.74 Å². The summed E-state index contributed by atoms with van der Waals surface area (Å²) in [6.45, 7) is 4.57. The topological polar surface area (TPSA) is 73.6 Å². The lowest BCUT2D eigenvalue weighted by Gasteiger charge is -2.23. The van der Waals surface area contributed by atoms with E-state index >= 15 is 0 Å². The van der Waals surface area contributed by atoms with E-state index in [4.69, 9.17) is 9.47 Å². The summed E-state index contributed by atoms with van der Waals surface area (Å²) in [6, 6.07) is 4.58. The van der Waals surface area contributed by atoms with Gasteiger partial charge in [-0.25, -0.2) is 0 Å². The molecule has 1 atom stereocenters. The Morgan fingerprint density at radius 3 is 3.06 bits per heavy atom. The zero-order valence-electron chi connectivity index (χ0n) is 10.2. The summed E-state index contributed by atoms with van der Waals surface area (Å²) in [4.78, 5) is 10.2. The third kappa shape index (κ3) is 3.18. The van der Waals surface area contributed by atoms with Crippen molar-refractivity contribution < 1.29 is 14.4 Å². The van der Waals surface area contributed by atoms with Gasteiger partial charge in [0.1, 0.15) is 18.5 Å². The Morgan fingerprint density at radius 1 is 1.61 bits per heavy atom. The van der Waals surface area contributed by atoms with Gasteiger partial charge in [0.05, 0.1) is 11.5 Å². The van der Waals surface area contributed by atoms with Crippen molar-refractivity contribution in [1.82, 2.24) is 5.32 Å². The minimum absolute atomic E-state index is 0.0355. The number of rotatable bonds is 4. The number of nitrogens with zero attached hydrogens (tertiary/aromatic N) is 1. The number of hydrogen-bond acceptors (Lipinski definition) is 5. The van der Waals surface area contributed by atoms with Gasteiger partial charge >= 0.3 is 0 Å². The molecule has 0 radical (unpaired) electrons. The van der Waals surface area contributed by atoms with E-state index in [1.807, 2.05) is 0 Å². The van der Waals surface area contributed by atoms with Gasteiger partial charge in [-0.2, -0.15) is 0 Å². The summed E-state index contributed by atoms with van der Waals surface area (Å²) in [5.74, 6) is 0.662. The highest BCUT2D eigenvalue weighted by Gasteiger charge is 2.15. The van der Waals surface area contributed by atoms with Crippen LogP contribution in [0.4, 0.5) is 5.69 Å². The molecule has 0 aliphatic carbocycles. The minimum atomic E-state index is -0.412. The van der Waals surface area contributed by atoms with Crippen LogP contribution in [0.15, 0.2) is 18.2 Å². The zero-order valence-corrected chi connectivity index (χ0v) is 10.2. The molecule has 1 heterocycles. The second kappa shape index (κ2) is 5.79. The van der Waals surface area contributed by atoms with Crippen LogP contribution < -0.4 is 10.1 Å². The number of nitro benzene ring substituents is 1. The van der Waals surface area contributed by atoms with E-state index in [1.165, 1.54) is 12.1 Å². The molecule has 0 amide bonds. The van der Waals surface area contributed by atoms with Crippen LogP contribution in [0, 0.1) is 17.0 Å². The molecule has 1 N–H and O–H groups in total. The van der Waals surface area contributed by atoms with Crippen molar-refractivity contribution in [2.45, 2.75) is 13.0 Å². The van der Waals surface area contributed by atoms with Gasteiger partial charge in [0.2, 0.25) is 0 Å². The normalized spacial score (nSPS) is 19.5. The van der Waals surface area contributed by atoms with Crippen molar-refractivity contribution >= 4 is 5.69 Å². The van der Waals surface area contributed by atoms with Gasteiger partial charge in [0.25, 0.3) is 5.69 Å². The Hall–Kier alpha value is -1.66.